The van der Waals surface area contributed by atoms with E-state index in [9.17, 15) is 4.79 Å². The van der Waals surface area contributed by atoms with E-state index in [0.29, 0.717) is 12.5 Å². The van der Waals surface area contributed by atoms with Gasteiger partial charge in [-0.25, -0.2) is 9.97 Å². The molecular weight excluding hydrogens is 228 g/mol. The summed E-state index contributed by atoms with van der Waals surface area (Å²) < 4.78 is 5.20. The molecular formula is C14H20N2O2. The maximum atomic E-state index is 11.7. The third-order valence-corrected chi connectivity index (χ3v) is 3.46. The first-order chi connectivity index (χ1) is 8.81. The Hall–Kier alpha value is -1.45. The summed E-state index contributed by atoms with van der Waals surface area (Å²) in [4.78, 5) is 20.3. The van der Waals surface area contributed by atoms with Crippen LogP contribution in [0.4, 0.5) is 0 Å². The minimum Gasteiger partial charge on any atom is -0.465 e. The number of hydrogen-bond acceptors (Lipinski definition) is 4. The molecule has 18 heavy (non-hydrogen) atoms. The number of carbonyl (C=O) groups excluding carboxylic acids is 1. The second kappa shape index (κ2) is 6.47. The highest BCUT2D eigenvalue weighted by Crippen LogP contribution is 2.34. The molecule has 0 bridgehead atoms. The van der Waals surface area contributed by atoms with Crippen molar-refractivity contribution in [3.63, 3.8) is 0 Å². The van der Waals surface area contributed by atoms with E-state index in [-0.39, 0.29) is 11.9 Å². The van der Waals surface area contributed by atoms with Crippen molar-refractivity contribution in [1.29, 1.82) is 0 Å². The number of nitrogens with zero attached hydrogens (tertiary/aromatic N) is 2. The van der Waals surface area contributed by atoms with Crippen LogP contribution >= 0.6 is 0 Å². The van der Waals surface area contributed by atoms with E-state index in [2.05, 4.69) is 9.97 Å². The monoisotopic (exact) mass is 248 g/mol. The summed E-state index contributed by atoms with van der Waals surface area (Å²) in [6.07, 6.45) is 8.20. The highest BCUT2D eigenvalue weighted by molar-refractivity contribution is 5.72. The lowest BCUT2D eigenvalue weighted by Gasteiger charge is -2.26. The van der Waals surface area contributed by atoms with E-state index < -0.39 is 0 Å². The Morgan fingerprint density at radius 3 is 2.56 bits per heavy atom. The van der Waals surface area contributed by atoms with Crippen molar-refractivity contribution in [2.24, 2.45) is 5.92 Å². The van der Waals surface area contributed by atoms with Gasteiger partial charge in [-0.3, -0.25) is 4.79 Å². The molecule has 1 aliphatic carbocycles. The Kier molecular flexibility index (Phi) is 4.67. The fraction of sp³-hybridized carbons (Fsp3) is 0.643. The molecule has 1 heterocycles. The van der Waals surface area contributed by atoms with Gasteiger partial charge in [0.15, 0.2) is 0 Å². The van der Waals surface area contributed by atoms with E-state index in [1.54, 1.807) is 12.4 Å². The van der Waals surface area contributed by atoms with Crippen LogP contribution < -0.4 is 0 Å². The van der Waals surface area contributed by atoms with E-state index >= 15 is 0 Å². The van der Waals surface area contributed by atoms with Crippen molar-refractivity contribution in [2.75, 3.05) is 6.61 Å². The molecule has 0 saturated heterocycles. The zero-order valence-corrected chi connectivity index (χ0v) is 10.8. The van der Waals surface area contributed by atoms with Crippen LogP contribution in [0, 0.1) is 5.92 Å². The summed E-state index contributed by atoms with van der Waals surface area (Å²) >= 11 is 0. The zero-order valence-electron chi connectivity index (χ0n) is 10.8. The quantitative estimate of drug-likeness (QED) is 0.769. The van der Waals surface area contributed by atoms with Gasteiger partial charge in [0.2, 0.25) is 0 Å². The normalized spacial score (nSPS) is 23.6. The molecule has 4 nitrogen and oxygen atoms in total. The van der Waals surface area contributed by atoms with E-state index in [4.69, 9.17) is 4.74 Å². The summed E-state index contributed by atoms with van der Waals surface area (Å²) in [7, 11) is 0. The largest absolute Gasteiger partial charge is 0.465 e. The average Bonchev–Trinajstić information content (AvgIpc) is 2.46. The SMILES string of the molecule is CCCOC(=O)C1CCC(c2ncccn2)CC1. The van der Waals surface area contributed by atoms with Crippen LogP contribution in [0.3, 0.4) is 0 Å². The third kappa shape index (κ3) is 3.28. The van der Waals surface area contributed by atoms with Crippen LogP contribution in [-0.4, -0.2) is 22.5 Å². The van der Waals surface area contributed by atoms with Crippen molar-refractivity contribution >= 4 is 5.97 Å². The molecule has 1 aromatic heterocycles. The van der Waals surface area contributed by atoms with Gasteiger partial charge in [0.25, 0.3) is 0 Å². The van der Waals surface area contributed by atoms with Crippen LogP contribution in [0.25, 0.3) is 0 Å². The van der Waals surface area contributed by atoms with E-state index in [0.717, 1.165) is 37.9 Å². The lowest BCUT2D eigenvalue weighted by Crippen LogP contribution is -2.24. The molecule has 1 aromatic rings. The predicted molar refractivity (Wildman–Crippen MR) is 68.0 cm³/mol. The molecule has 4 heteroatoms. The molecule has 0 atom stereocenters. The first-order valence-electron chi connectivity index (χ1n) is 6.74. The average molecular weight is 248 g/mol. The zero-order chi connectivity index (χ0) is 12.8. The summed E-state index contributed by atoms with van der Waals surface area (Å²) in [6, 6.07) is 1.83. The van der Waals surface area contributed by atoms with E-state index in [1.807, 2.05) is 13.0 Å². The summed E-state index contributed by atoms with van der Waals surface area (Å²) in [5.74, 6) is 1.38. The molecule has 0 amide bonds. The number of hydrogen-bond donors (Lipinski definition) is 0. The van der Waals surface area contributed by atoms with Crippen LogP contribution in [0.2, 0.25) is 0 Å². The Labute approximate surface area is 108 Å². The standard InChI is InChI=1S/C14H20N2O2/c1-2-10-18-14(17)12-6-4-11(5-7-12)13-15-8-3-9-16-13/h3,8-9,11-12H,2,4-7,10H2,1H3. The second-order valence-corrected chi connectivity index (χ2v) is 4.82. The van der Waals surface area contributed by atoms with Crippen molar-refractivity contribution in [1.82, 2.24) is 9.97 Å². The Morgan fingerprint density at radius 1 is 1.28 bits per heavy atom. The topological polar surface area (TPSA) is 52.1 Å². The lowest BCUT2D eigenvalue weighted by atomic mass is 9.81. The summed E-state index contributed by atoms with van der Waals surface area (Å²) in [6.45, 7) is 2.55. The minimum atomic E-state index is -0.0238. The Balaban J connectivity index is 1.83. The van der Waals surface area contributed by atoms with Crippen LogP contribution in [0.15, 0.2) is 18.5 Å². The third-order valence-electron chi connectivity index (χ3n) is 3.46. The summed E-state index contributed by atoms with van der Waals surface area (Å²) in [5, 5.41) is 0. The fourth-order valence-electron chi connectivity index (χ4n) is 2.43. The van der Waals surface area contributed by atoms with Gasteiger partial charge < -0.3 is 4.74 Å². The summed E-state index contributed by atoms with van der Waals surface area (Å²) in [5.41, 5.74) is 0. The van der Waals surface area contributed by atoms with Gasteiger partial charge in [0.05, 0.1) is 12.5 Å². The molecule has 0 aliphatic heterocycles. The highest BCUT2D eigenvalue weighted by atomic mass is 16.5. The smallest absolute Gasteiger partial charge is 0.308 e. The molecule has 0 radical (unpaired) electrons. The lowest BCUT2D eigenvalue weighted by molar-refractivity contribution is -0.149. The molecule has 0 aromatic carbocycles. The van der Waals surface area contributed by atoms with Crippen molar-refractivity contribution in [2.45, 2.75) is 44.9 Å². The van der Waals surface area contributed by atoms with Gasteiger partial charge in [0.1, 0.15) is 5.82 Å². The van der Waals surface area contributed by atoms with Crippen molar-refractivity contribution in [3.8, 4) is 0 Å². The van der Waals surface area contributed by atoms with Gasteiger partial charge in [-0.05, 0) is 38.2 Å². The van der Waals surface area contributed by atoms with Crippen molar-refractivity contribution in [3.05, 3.63) is 24.3 Å². The number of rotatable bonds is 4. The molecule has 0 spiro atoms. The molecule has 1 fully saturated rings. The Bertz CT molecular complexity index is 373. The number of carbonyl (C=O) groups is 1. The number of aromatic nitrogens is 2. The highest BCUT2D eigenvalue weighted by Gasteiger charge is 2.28. The maximum Gasteiger partial charge on any atom is 0.308 e. The molecule has 0 N–H and O–H groups in total. The van der Waals surface area contributed by atoms with E-state index in [1.165, 1.54) is 0 Å². The molecule has 1 saturated carbocycles. The molecule has 98 valence electrons. The van der Waals surface area contributed by atoms with Crippen LogP contribution in [0.5, 0.6) is 0 Å². The van der Waals surface area contributed by atoms with Crippen LogP contribution in [-0.2, 0) is 9.53 Å². The van der Waals surface area contributed by atoms with Gasteiger partial charge >= 0.3 is 5.97 Å². The molecule has 1 aliphatic rings. The predicted octanol–water partition coefficient (Wildman–Crippen LogP) is 2.70. The van der Waals surface area contributed by atoms with Gasteiger partial charge in [-0.15, -0.1) is 0 Å². The molecule has 0 unspecified atom stereocenters. The van der Waals surface area contributed by atoms with Gasteiger partial charge in [-0.2, -0.15) is 0 Å². The van der Waals surface area contributed by atoms with Gasteiger partial charge in [-0.1, -0.05) is 6.92 Å². The second-order valence-electron chi connectivity index (χ2n) is 4.82. The van der Waals surface area contributed by atoms with Gasteiger partial charge in [0, 0.05) is 18.3 Å². The minimum absolute atomic E-state index is 0.0238. The Morgan fingerprint density at radius 2 is 1.94 bits per heavy atom. The van der Waals surface area contributed by atoms with Crippen LogP contribution in [0.1, 0.15) is 50.8 Å². The van der Waals surface area contributed by atoms with Crippen molar-refractivity contribution < 1.29 is 9.53 Å². The maximum absolute atomic E-state index is 11.7. The first kappa shape index (κ1) is 13.0. The number of ether oxygens (including phenoxy) is 1. The number of esters is 1. The fourth-order valence-corrected chi connectivity index (χ4v) is 2.43. The first-order valence-corrected chi connectivity index (χ1v) is 6.74. The molecule has 2 rings (SSSR count).